The van der Waals surface area contributed by atoms with E-state index in [9.17, 15) is 4.79 Å². The molecule has 0 saturated heterocycles. The minimum atomic E-state index is 0.301. The molecule has 0 radical (unpaired) electrons. The fourth-order valence-corrected chi connectivity index (χ4v) is 1.99. The Morgan fingerprint density at radius 2 is 2.20 bits per heavy atom. The Morgan fingerprint density at radius 1 is 1.30 bits per heavy atom. The van der Waals surface area contributed by atoms with Gasteiger partial charge in [-0.2, -0.15) is 0 Å². The van der Waals surface area contributed by atoms with Crippen molar-refractivity contribution in [2.75, 3.05) is 0 Å². The molecular weight excluding hydrogens is 256 g/mol. The highest BCUT2D eigenvalue weighted by Crippen LogP contribution is 2.21. The van der Waals surface area contributed by atoms with Gasteiger partial charge < -0.3 is 9.15 Å². The van der Waals surface area contributed by atoms with Crippen molar-refractivity contribution in [2.45, 2.75) is 13.5 Å². The van der Waals surface area contributed by atoms with Crippen LogP contribution in [-0.2, 0) is 6.61 Å². The molecule has 20 heavy (non-hydrogen) atoms. The predicted molar refractivity (Wildman–Crippen MR) is 72.7 cm³/mol. The minimum Gasteiger partial charge on any atom is -0.486 e. The van der Waals surface area contributed by atoms with Crippen molar-refractivity contribution < 1.29 is 13.9 Å². The van der Waals surface area contributed by atoms with E-state index in [-0.39, 0.29) is 0 Å². The molecular formula is C15H12N2O3. The molecule has 0 atom stereocenters. The molecule has 0 aliphatic carbocycles. The van der Waals surface area contributed by atoms with Gasteiger partial charge >= 0.3 is 0 Å². The summed E-state index contributed by atoms with van der Waals surface area (Å²) < 4.78 is 10.9. The van der Waals surface area contributed by atoms with E-state index in [1.807, 2.05) is 25.1 Å². The van der Waals surface area contributed by atoms with Crippen molar-refractivity contribution in [1.29, 1.82) is 0 Å². The number of rotatable bonds is 4. The zero-order chi connectivity index (χ0) is 13.9. The standard InChI is InChI=1S/C15H12N2O3/c1-10-5-6-13(12(7-18)17-10)19-8-11-3-2-4-14-15(11)16-9-20-14/h2-7,9H,8H2,1H3. The van der Waals surface area contributed by atoms with E-state index >= 15 is 0 Å². The molecule has 0 fully saturated rings. The van der Waals surface area contributed by atoms with Gasteiger partial charge in [0.1, 0.15) is 23.6 Å². The number of pyridine rings is 1. The second-order valence-corrected chi connectivity index (χ2v) is 4.36. The smallest absolute Gasteiger partial charge is 0.181 e. The van der Waals surface area contributed by atoms with Gasteiger partial charge in [0.05, 0.1) is 0 Å². The molecule has 2 heterocycles. The van der Waals surface area contributed by atoms with Crippen molar-refractivity contribution in [3.05, 3.63) is 53.7 Å². The number of hydrogen-bond acceptors (Lipinski definition) is 5. The summed E-state index contributed by atoms with van der Waals surface area (Å²) in [5.41, 5.74) is 3.45. The first-order valence-corrected chi connectivity index (χ1v) is 6.14. The highest BCUT2D eigenvalue weighted by molar-refractivity contribution is 5.77. The van der Waals surface area contributed by atoms with Crippen LogP contribution < -0.4 is 4.74 Å². The first kappa shape index (κ1) is 12.3. The normalized spacial score (nSPS) is 10.7. The van der Waals surface area contributed by atoms with Crippen LogP contribution >= 0.6 is 0 Å². The van der Waals surface area contributed by atoms with Crippen LogP contribution in [0.15, 0.2) is 41.1 Å². The second-order valence-electron chi connectivity index (χ2n) is 4.36. The maximum absolute atomic E-state index is 11.0. The van der Waals surface area contributed by atoms with Gasteiger partial charge in [-0.15, -0.1) is 0 Å². The zero-order valence-corrected chi connectivity index (χ0v) is 10.9. The van der Waals surface area contributed by atoms with Crippen molar-refractivity contribution in [3.63, 3.8) is 0 Å². The summed E-state index contributed by atoms with van der Waals surface area (Å²) in [5, 5.41) is 0. The van der Waals surface area contributed by atoms with E-state index < -0.39 is 0 Å². The second kappa shape index (κ2) is 5.13. The molecule has 0 spiro atoms. The Labute approximate surface area is 115 Å². The molecule has 3 aromatic rings. The van der Waals surface area contributed by atoms with E-state index in [0.717, 1.165) is 16.8 Å². The molecule has 100 valence electrons. The average molecular weight is 268 g/mol. The zero-order valence-electron chi connectivity index (χ0n) is 10.9. The molecule has 0 aliphatic rings. The highest BCUT2D eigenvalue weighted by Gasteiger charge is 2.08. The monoisotopic (exact) mass is 268 g/mol. The number of nitrogens with zero attached hydrogens (tertiary/aromatic N) is 2. The first-order valence-electron chi connectivity index (χ1n) is 6.14. The third-order valence-corrected chi connectivity index (χ3v) is 2.96. The van der Waals surface area contributed by atoms with Crippen LogP contribution in [-0.4, -0.2) is 16.3 Å². The quantitative estimate of drug-likeness (QED) is 0.681. The molecule has 3 rings (SSSR count). The van der Waals surface area contributed by atoms with Crippen LogP contribution in [0.4, 0.5) is 0 Å². The Hall–Kier alpha value is -2.69. The summed E-state index contributed by atoms with van der Waals surface area (Å²) in [4.78, 5) is 19.3. The molecule has 0 unspecified atom stereocenters. The molecule has 0 saturated carbocycles. The maximum Gasteiger partial charge on any atom is 0.181 e. The number of aromatic nitrogens is 2. The van der Waals surface area contributed by atoms with Crippen molar-refractivity contribution in [1.82, 2.24) is 9.97 Å². The lowest BCUT2D eigenvalue weighted by Crippen LogP contribution is -2.01. The summed E-state index contributed by atoms with van der Waals surface area (Å²) in [7, 11) is 0. The number of aldehydes is 1. The molecule has 0 aliphatic heterocycles. The summed E-state index contributed by atoms with van der Waals surface area (Å²) in [5.74, 6) is 0.464. The number of para-hydroxylation sites is 1. The fourth-order valence-electron chi connectivity index (χ4n) is 1.99. The van der Waals surface area contributed by atoms with Crippen LogP contribution in [0.2, 0.25) is 0 Å². The van der Waals surface area contributed by atoms with Gasteiger partial charge in [0.25, 0.3) is 0 Å². The largest absolute Gasteiger partial charge is 0.486 e. The van der Waals surface area contributed by atoms with Gasteiger partial charge in [-0.05, 0) is 25.1 Å². The van der Waals surface area contributed by atoms with E-state index in [4.69, 9.17) is 9.15 Å². The van der Waals surface area contributed by atoms with Crippen LogP contribution in [0.5, 0.6) is 5.75 Å². The third-order valence-electron chi connectivity index (χ3n) is 2.96. The molecule has 0 amide bonds. The van der Waals surface area contributed by atoms with Crippen LogP contribution in [0.25, 0.3) is 11.1 Å². The summed E-state index contributed by atoms with van der Waals surface area (Å²) in [6.45, 7) is 2.13. The Morgan fingerprint density at radius 3 is 3.05 bits per heavy atom. The Balaban J connectivity index is 1.86. The van der Waals surface area contributed by atoms with Crippen molar-refractivity contribution in [2.24, 2.45) is 0 Å². The summed E-state index contributed by atoms with van der Waals surface area (Å²) >= 11 is 0. The number of aryl methyl sites for hydroxylation is 1. The molecule has 0 bridgehead atoms. The van der Waals surface area contributed by atoms with Crippen molar-refractivity contribution >= 4 is 17.4 Å². The number of carbonyl (C=O) groups is 1. The van der Waals surface area contributed by atoms with Gasteiger partial charge in [-0.3, -0.25) is 4.79 Å². The van der Waals surface area contributed by atoms with Gasteiger partial charge in [0, 0.05) is 11.3 Å². The van der Waals surface area contributed by atoms with Crippen LogP contribution in [0, 0.1) is 6.92 Å². The van der Waals surface area contributed by atoms with E-state index in [2.05, 4.69) is 9.97 Å². The Kier molecular flexibility index (Phi) is 3.16. The third kappa shape index (κ3) is 2.25. The van der Waals surface area contributed by atoms with Gasteiger partial charge in [0.15, 0.2) is 18.3 Å². The van der Waals surface area contributed by atoms with Crippen molar-refractivity contribution in [3.8, 4) is 5.75 Å². The molecule has 0 N–H and O–H groups in total. The van der Waals surface area contributed by atoms with E-state index in [1.165, 1.54) is 6.39 Å². The first-order chi connectivity index (χ1) is 9.78. The summed E-state index contributed by atoms with van der Waals surface area (Å²) in [6, 6.07) is 9.18. The van der Waals surface area contributed by atoms with E-state index in [0.29, 0.717) is 29.9 Å². The SMILES string of the molecule is Cc1ccc(OCc2cccc3ocnc23)c(C=O)n1. The van der Waals surface area contributed by atoms with Crippen LogP contribution in [0.1, 0.15) is 21.7 Å². The summed E-state index contributed by atoms with van der Waals surface area (Å²) in [6.07, 6.45) is 2.09. The Bertz CT molecular complexity index is 765. The average Bonchev–Trinajstić information content (AvgIpc) is 2.94. The fraction of sp³-hybridized carbons (Fsp3) is 0.133. The number of hydrogen-bond donors (Lipinski definition) is 0. The minimum absolute atomic E-state index is 0.301. The van der Waals surface area contributed by atoms with E-state index in [1.54, 1.807) is 12.1 Å². The molecule has 5 heteroatoms. The lowest BCUT2D eigenvalue weighted by molar-refractivity contribution is 0.111. The number of carbonyl (C=O) groups excluding carboxylic acids is 1. The number of oxazole rings is 1. The lowest BCUT2D eigenvalue weighted by Gasteiger charge is -2.08. The number of benzene rings is 1. The topological polar surface area (TPSA) is 65.2 Å². The highest BCUT2D eigenvalue weighted by atomic mass is 16.5. The molecule has 1 aromatic carbocycles. The number of fused-ring (bicyclic) bond motifs is 1. The lowest BCUT2D eigenvalue weighted by atomic mass is 10.2. The van der Waals surface area contributed by atoms with Gasteiger partial charge in [-0.25, -0.2) is 9.97 Å². The van der Waals surface area contributed by atoms with Crippen LogP contribution in [0.3, 0.4) is 0 Å². The number of ether oxygens (including phenoxy) is 1. The molecule has 5 nitrogen and oxygen atoms in total. The van der Waals surface area contributed by atoms with Gasteiger partial charge in [-0.1, -0.05) is 12.1 Å². The predicted octanol–water partition coefficient (Wildman–Crippen LogP) is 2.92. The maximum atomic E-state index is 11.0. The van der Waals surface area contributed by atoms with Gasteiger partial charge in [0.2, 0.25) is 0 Å². The molecule has 2 aromatic heterocycles.